The number of benzene rings is 1. The van der Waals surface area contributed by atoms with Crippen LogP contribution in [0.25, 0.3) is 0 Å². The molecule has 5 nitrogen and oxygen atoms in total. The predicted molar refractivity (Wildman–Crippen MR) is 69.8 cm³/mol. The van der Waals surface area contributed by atoms with Crippen molar-refractivity contribution in [2.24, 2.45) is 5.73 Å². The third kappa shape index (κ3) is 5.40. The Labute approximate surface area is 116 Å². The Morgan fingerprint density at radius 3 is 2.75 bits per heavy atom. The lowest BCUT2D eigenvalue weighted by Crippen LogP contribution is -2.25. The minimum atomic E-state index is -2.91. The van der Waals surface area contributed by atoms with Crippen molar-refractivity contribution in [1.82, 2.24) is 5.32 Å². The molecule has 7 heteroatoms. The largest absolute Gasteiger partial charge is 0.490 e. The summed E-state index contributed by atoms with van der Waals surface area (Å²) in [5.74, 6) is 0.0237. The van der Waals surface area contributed by atoms with Crippen molar-refractivity contribution in [3.05, 3.63) is 23.8 Å². The predicted octanol–water partition coefficient (Wildman–Crippen LogP) is 1.65. The van der Waals surface area contributed by atoms with Crippen LogP contribution in [0.3, 0.4) is 0 Å². The van der Waals surface area contributed by atoms with Crippen molar-refractivity contribution in [2.75, 3.05) is 13.2 Å². The van der Waals surface area contributed by atoms with E-state index in [9.17, 15) is 13.6 Å². The second kappa shape index (κ2) is 8.31. The van der Waals surface area contributed by atoms with Crippen LogP contribution in [0.2, 0.25) is 0 Å². The van der Waals surface area contributed by atoms with E-state index in [4.69, 9.17) is 10.5 Å². The SMILES string of the molecule is CCOc1cc(CNC(=O)CCN)ccc1OC(F)F. The van der Waals surface area contributed by atoms with Crippen molar-refractivity contribution in [3.8, 4) is 11.5 Å². The maximum atomic E-state index is 12.2. The summed E-state index contributed by atoms with van der Waals surface area (Å²) < 4.78 is 34.1. The molecule has 0 atom stereocenters. The number of rotatable bonds is 8. The molecular weight excluding hydrogens is 270 g/mol. The smallest absolute Gasteiger partial charge is 0.387 e. The van der Waals surface area contributed by atoms with E-state index in [1.165, 1.54) is 6.07 Å². The zero-order chi connectivity index (χ0) is 15.0. The molecule has 3 N–H and O–H groups in total. The second-order valence-corrected chi connectivity index (χ2v) is 3.91. The summed E-state index contributed by atoms with van der Waals surface area (Å²) in [6, 6.07) is 4.54. The van der Waals surface area contributed by atoms with E-state index in [1.807, 2.05) is 0 Å². The summed E-state index contributed by atoms with van der Waals surface area (Å²) >= 11 is 0. The minimum absolute atomic E-state index is 0.0288. The molecule has 1 amide bonds. The Hall–Kier alpha value is -1.89. The third-order valence-electron chi connectivity index (χ3n) is 2.39. The molecule has 20 heavy (non-hydrogen) atoms. The molecule has 0 spiro atoms. The van der Waals surface area contributed by atoms with Crippen molar-refractivity contribution in [3.63, 3.8) is 0 Å². The van der Waals surface area contributed by atoms with Gasteiger partial charge in [-0.1, -0.05) is 6.07 Å². The highest BCUT2D eigenvalue weighted by atomic mass is 19.3. The van der Waals surface area contributed by atoms with Gasteiger partial charge in [0.15, 0.2) is 11.5 Å². The first-order valence-electron chi connectivity index (χ1n) is 6.24. The van der Waals surface area contributed by atoms with Gasteiger partial charge in [-0.05, 0) is 24.6 Å². The summed E-state index contributed by atoms with van der Waals surface area (Å²) in [6.45, 7) is -0.306. The molecule has 0 heterocycles. The van der Waals surface area contributed by atoms with Crippen LogP contribution in [0.15, 0.2) is 18.2 Å². The number of amides is 1. The molecule has 1 rings (SSSR count). The van der Waals surface area contributed by atoms with Gasteiger partial charge in [0, 0.05) is 19.5 Å². The number of halogens is 2. The second-order valence-electron chi connectivity index (χ2n) is 3.91. The van der Waals surface area contributed by atoms with Crippen LogP contribution in [0.4, 0.5) is 8.78 Å². The Morgan fingerprint density at radius 1 is 1.40 bits per heavy atom. The number of hydrogen-bond donors (Lipinski definition) is 2. The van der Waals surface area contributed by atoms with Crippen molar-refractivity contribution >= 4 is 5.91 Å². The number of alkyl halides is 2. The van der Waals surface area contributed by atoms with Gasteiger partial charge in [-0.15, -0.1) is 0 Å². The first-order chi connectivity index (χ1) is 9.56. The van der Waals surface area contributed by atoms with Gasteiger partial charge >= 0.3 is 6.61 Å². The van der Waals surface area contributed by atoms with Gasteiger partial charge in [0.05, 0.1) is 6.61 Å². The molecule has 0 fully saturated rings. The van der Waals surface area contributed by atoms with Crippen LogP contribution in [-0.4, -0.2) is 25.7 Å². The van der Waals surface area contributed by atoms with Gasteiger partial charge in [-0.3, -0.25) is 4.79 Å². The lowest BCUT2D eigenvalue weighted by Gasteiger charge is -2.13. The quantitative estimate of drug-likeness (QED) is 0.763. The number of nitrogens with two attached hydrogens (primary N) is 1. The molecule has 0 bridgehead atoms. The van der Waals surface area contributed by atoms with E-state index in [0.29, 0.717) is 6.61 Å². The van der Waals surface area contributed by atoms with Gasteiger partial charge in [0.2, 0.25) is 5.91 Å². The molecule has 0 aliphatic heterocycles. The van der Waals surface area contributed by atoms with Gasteiger partial charge < -0.3 is 20.5 Å². The highest BCUT2D eigenvalue weighted by Crippen LogP contribution is 2.29. The summed E-state index contributed by atoms with van der Waals surface area (Å²) in [7, 11) is 0. The van der Waals surface area contributed by atoms with Crippen molar-refractivity contribution in [1.29, 1.82) is 0 Å². The number of carbonyl (C=O) groups excluding carboxylic acids is 1. The molecule has 1 aromatic rings. The van der Waals surface area contributed by atoms with E-state index in [1.54, 1.807) is 19.1 Å². The fourth-order valence-electron chi connectivity index (χ4n) is 1.54. The molecule has 0 aliphatic rings. The molecule has 1 aromatic carbocycles. The van der Waals surface area contributed by atoms with E-state index in [-0.39, 0.29) is 36.9 Å². The molecule has 112 valence electrons. The van der Waals surface area contributed by atoms with Crippen LogP contribution >= 0.6 is 0 Å². The Morgan fingerprint density at radius 2 is 2.15 bits per heavy atom. The van der Waals surface area contributed by atoms with E-state index in [2.05, 4.69) is 10.1 Å². The van der Waals surface area contributed by atoms with Crippen LogP contribution < -0.4 is 20.5 Å². The molecule has 0 saturated carbocycles. The number of ether oxygens (including phenoxy) is 2. The average molecular weight is 288 g/mol. The minimum Gasteiger partial charge on any atom is -0.490 e. The van der Waals surface area contributed by atoms with Crippen LogP contribution in [-0.2, 0) is 11.3 Å². The van der Waals surface area contributed by atoms with Gasteiger partial charge in [-0.2, -0.15) is 8.78 Å². The number of nitrogens with one attached hydrogen (secondary N) is 1. The fourth-order valence-corrected chi connectivity index (χ4v) is 1.54. The maximum absolute atomic E-state index is 12.2. The zero-order valence-electron chi connectivity index (χ0n) is 11.2. The first kappa shape index (κ1) is 16.2. The zero-order valence-corrected chi connectivity index (χ0v) is 11.2. The molecular formula is C13H18F2N2O3. The highest BCUT2D eigenvalue weighted by molar-refractivity contribution is 5.76. The molecule has 0 aromatic heterocycles. The molecule has 0 radical (unpaired) electrons. The Kier molecular flexibility index (Phi) is 6.72. The third-order valence-corrected chi connectivity index (χ3v) is 2.39. The van der Waals surface area contributed by atoms with Crippen LogP contribution in [0.5, 0.6) is 11.5 Å². The monoisotopic (exact) mass is 288 g/mol. The molecule has 0 unspecified atom stereocenters. The van der Waals surface area contributed by atoms with Crippen molar-refractivity contribution < 1.29 is 23.0 Å². The Balaban J connectivity index is 2.73. The summed E-state index contributed by atoms with van der Waals surface area (Å²) in [4.78, 5) is 11.3. The van der Waals surface area contributed by atoms with Crippen molar-refractivity contribution in [2.45, 2.75) is 26.5 Å². The van der Waals surface area contributed by atoms with E-state index >= 15 is 0 Å². The van der Waals surface area contributed by atoms with Crippen LogP contribution in [0, 0.1) is 0 Å². The van der Waals surface area contributed by atoms with Gasteiger partial charge in [0.1, 0.15) is 0 Å². The fraction of sp³-hybridized carbons (Fsp3) is 0.462. The van der Waals surface area contributed by atoms with Gasteiger partial charge in [-0.25, -0.2) is 0 Å². The lowest BCUT2D eigenvalue weighted by atomic mass is 10.2. The number of hydrogen-bond acceptors (Lipinski definition) is 4. The molecule has 0 aliphatic carbocycles. The summed E-state index contributed by atoms with van der Waals surface area (Å²) in [5, 5.41) is 2.67. The number of carbonyl (C=O) groups is 1. The summed E-state index contributed by atoms with van der Waals surface area (Å²) in [6.07, 6.45) is 0.241. The average Bonchev–Trinajstić information content (AvgIpc) is 2.39. The normalized spacial score (nSPS) is 10.4. The lowest BCUT2D eigenvalue weighted by molar-refractivity contribution is -0.121. The Bertz CT molecular complexity index is 442. The first-order valence-corrected chi connectivity index (χ1v) is 6.24. The molecule has 0 saturated heterocycles. The summed E-state index contributed by atoms with van der Waals surface area (Å²) in [5.41, 5.74) is 5.98. The van der Waals surface area contributed by atoms with E-state index < -0.39 is 6.61 Å². The standard InChI is InChI=1S/C13H18F2N2O3/c1-2-19-11-7-9(8-17-12(18)5-6-16)3-4-10(11)20-13(14)15/h3-4,7,13H,2,5-6,8,16H2,1H3,(H,17,18). The van der Waals surface area contributed by atoms with Gasteiger partial charge in [0.25, 0.3) is 0 Å². The maximum Gasteiger partial charge on any atom is 0.387 e. The van der Waals surface area contributed by atoms with Crippen LogP contribution in [0.1, 0.15) is 18.9 Å². The highest BCUT2D eigenvalue weighted by Gasteiger charge is 2.11. The van der Waals surface area contributed by atoms with E-state index in [0.717, 1.165) is 5.56 Å². The topological polar surface area (TPSA) is 73.6 Å².